The molecule has 0 aromatic heterocycles. The summed E-state index contributed by atoms with van der Waals surface area (Å²) in [6.45, 7) is 4.13. The molecular weight excluding hydrogens is 250 g/mol. The Morgan fingerprint density at radius 3 is 2.42 bits per heavy atom. The van der Waals surface area contributed by atoms with E-state index in [1.54, 1.807) is 0 Å². The second kappa shape index (κ2) is 14.3. The quantitative estimate of drug-likeness (QED) is 0.672. The van der Waals surface area contributed by atoms with E-state index < -0.39 is 12.4 Å². The number of hydrogen-bond donors (Lipinski definition) is 2. The van der Waals surface area contributed by atoms with Gasteiger partial charge in [-0.05, 0) is 33.5 Å². The highest BCUT2D eigenvalue weighted by atomic mass is 16.5. The first-order valence-corrected chi connectivity index (χ1v) is 6.08. The van der Waals surface area contributed by atoms with Gasteiger partial charge in [0.25, 0.3) is 0 Å². The predicted molar refractivity (Wildman–Crippen MR) is 70.7 cm³/mol. The van der Waals surface area contributed by atoms with Gasteiger partial charge in [-0.2, -0.15) is 5.26 Å². The fraction of sp³-hybridized carbons (Fsp3) is 0.750. The molecule has 7 heteroatoms. The maximum absolute atomic E-state index is 10.9. The van der Waals surface area contributed by atoms with E-state index in [0.717, 1.165) is 19.4 Å². The van der Waals surface area contributed by atoms with Crippen molar-refractivity contribution in [3.05, 3.63) is 0 Å². The molecule has 0 saturated carbocycles. The topological polar surface area (TPSA) is 103 Å². The van der Waals surface area contributed by atoms with E-state index in [2.05, 4.69) is 10.2 Å². The maximum Gasteiger partial charge on any atom is 0.407 e. The number of nitrogens with zero attached hydrogens (tertiary/aromatic N) is 2. The van der Waals surface area contributed by atoms with Crippen LogP contribution in [-0.4, -0.2) is 55.9 Å². The number of aliphatic carboxylic acids is 1. The van der Waals surface area contributed by atoms with Crippen molar-refractivity contribution in [3.8, 4) is 6.07 Å². The summed E-state index contributed by atoms with van der Waals surface area (Å²) in [5.74, 6) is -1.07. The highest BCUT2D eigenvalue weighted by Crippen LogP contribution is 1.84. The highest BCUT2D eigenvalue weighted by Gasteiger charge is 1.98. The Labute approximate surface area is 114 Å². The molecule has 0 aromatic carbocycles. The number of amides is 1. The van der Waals surface area contributed by atoms with Crippen LogP contribution in [0.15, 0.2) is 0 Å². The van der Waals surface area contributed by atoms with Crippen molar-refractivity contribution >= 4 is 12.1 Å². The van der Waals surface area contributed by atoms with E-state index in [1.165, 1.54) is 6.07 Å². The lowest BCUT2D eigenvalue weighted by atomic mass is 10.4. The molecule has 0 saturated heterocycles. The zero-order chi connectivity index (χ0) is 15.1. The third kappa shape index (κ3) is 21.9. The Morgan fingerprint density at radius 2 is 2.05 bits per heavy atom. The lowest BCUT2D eigenvalue weighted by Gasteiger charge is -2.09. The number of nitrogens with one attached hydrogen (secondary N) is 1. The van der Waals surface area contributed by atoms with Crippen LogP contribution in [0.4, 0.5) is 4.79 Å². The molecule has 0 aliphatic heterocycles. The van der Waals surface area contributed by atoms with Crippen LogP contribution >= 0.6 is 0 Å². The van der Waals surface area contributed by atoms with Crippen molar-refractivity contribution in [3.63, 3.8) is 0 Å². The third-order valence-electron chi connectivity index (χ3n) is 1.72. The smallest absolute Gasteiger partial charge is 0.407 e. The molecule has 0 spiro atoms. The summed E-state index contributed by atoms with van der Waals surface area (Å²) >= 11 is 0. The lowest BCUT2D eigenvalue weighted by molar-refractivity contribution is -0.135. The minimum absolute atomic E-state index is 0.305. The van der Waals surface area contributed by atoms with Gasteiger partial charge >= 0.3 is 12.1 Å². The predicted octanol–water partition coefficient (Wildman–Crippen LogP) is 1.06. The van der Waals surface area contributed by atoms with Crippen molar-refractivity contribution < 1.29 is 19.4 Å². The first kappa shape index (κ1) is 19.5. The molecule has 2 N–H and O–H groups in total. The number of rotatable bonds is 7. The number of hydrogen-bond acceptors (Lipinski definition) is 5. The molecular formula is C12H23N3O4. The first-order chi connectivity index (χ1) is 8.93. The highest BCUT2D eigenvalue weighted by molar-refractivity contribution is 5.69. The molecule has 19 heavy (non-hydrogen) atoms. The molecule has 0 aromatic rings. The summed E-state index contributed by atoms with van der Waals surface area (Å²) in [5, 5.41) is 18.0. The van der Waals surface area contributed by atoms with Crippen LogP contribution in [0.2, 0.25) is 0 Å². The fourth-order valence-corrected chi connectivity index (χ4v) is 0.899. The summed E-state index contributed by atoms with van der Waals surface area (Å²) in [7, 11) is 4.02. The lowest BCUT2D eigenvalue weighted by Crippen LogP contribution is -2.27. The van der Waals surface area contributed by atoms with Gasteiger partial charge < -0.3 is 20.1 Å². The summed E-state index contributed by atoms with van der Waals surface area (Å²) in [6.07, 6.45) is 1.11. The van der Waals surface area contributed by atoms with Gasteiger partial charge in [-0.15, -0.1) is 0 Å². The van der Waals surface area contributed by atoms with Crippen LogP contribution in [-0.2, 0) is 9.53 Å². The van der Waals surface area contributed by atoms with Gasteiger partial charge in [0.15, 0.2) is 0 Å². The van der Waals surface area contributed by atoms with Crippen LogP contribution in [0.3, 0.4) is 0 Å². The van der Waals surface area contributed by atoms with Gasteiger partial charge in [0.1, 0.15) is 6.42 Å². The van der Waals surface area contributed by atoms with Gasteiger partial charge in [0.2, 0.25) is 0 Å². The van der Waals surface area contributed by atoms with E-state index >= 15 is 0 Å². The first-order valence-electron chi connectivity index (χ1n) is 6.08. The van der Waals surface area contributed by atoms with Crippen molar-refractivity contribution in [1.82, 2.24) is 10.2 Å². The molecule has 110 valence electrons. The van der Waals surface area contributed by atoms with E-state index in [0.29, 0.717) is 13.2 Å². The average Bonchev–Trinajstić information content (AvgIpc) is 2.32. The molecule has 0 aliphatic carbocycles. The Kier molecular flexibility index (Phi) is 14.6. The molecule has 0 atom stereocenters. The number of alkyl carbamates (subject to hydrolysis) is 1. The van der Waals surface area contributed by atoms with Gasteiger partial charge in [0.05, 0.1) is 12.7 Å². The average molecular weight is 273 g/mol. The molecule has 0 unspecified atom stereocenters. The van der Waals surface area contributed by atoms with Gasteiger partial charge in [-0.1, -0.05) is 6.92 Å². The molecule has 0 aliphatic rings. The molecule has 0 rings (SSSR count). The molecule has 0 fully saturated rings. The van der Waals surface area contributed by atoms with Gasteiger partial charge in [-0.25, -0.2) is 4.79 Å². The van der Waals surface area contributed by atoms with E-state index in [-0.39, 0.29) is 6.09 Å². The number of carboxylic acids is 1. The minimum atomic E-state index is -1.07. The van der Waals surface area contributed by atoms with Crippen LogP contribution in [0, 0.1) is 11.3 Å². The van der Waals surface area contributed by atoms with Gasteiger partial charge in [-0.3, -0.25) is 4.79 Å². The second-order valence-electron chi connectivity index (χ2n) is 3.95. The number of carboxylic acid groups (broad SMARTS) is 1. The number of nitriles is 1. The zero-order valence-electron chi connectivity index (χ0n) is 11.8. The van der Waals surface area contributed by atoms with E-state index in [1.807, 2.05) is 21.0 Å². The Bertz CT molecular complexity index is 287. The monoisotopic (exact) mass is 273 g/mol. The van der Waals surface area contributed by atoms with Crippen LogP contribution < -0.4 is 5.32 Å². The van der Waals surface area contributed by atoms with Crippen molar-refractivity contribution in [1.29, 1.82) is 5.26 Å². The molecule has 1 amide bonds. The normalized spacial score (nSPS) is 9.00. The maximum atomic E-state index is 10.9. The van der Waals surface area contributed by atoms with E-state index in [9.17, 15) is 9.59 Å². The largest absolute Gasteiger partial charge is 0.480 e. The summed E-state index contributed by atoms with van der Waals surface area (Å²) in [5.41, 5.74) is 0. The summed E-state index contributed by atoms with van der Waals surface area (Å²) < 4.78 is 4.83. The number of carbonyl (C=O) groups is 2. The molecule has 7 nitrogen and oxygen atoms in total. The molecule has 0 bridgehead atoms. The zero-order valence-corrected chi connectivity index (χ0v) is 11.8. The number of carbonyl (C=O) groups excluding carboxylic acids is 1. The van der Waals surface area contributed by atoms with Crippen LogP contribution in [0.25, 0.3) is 0 Å². The van der Waals surface area contributed by atoms with Crippen LogP contribution in [0.1, 0.15) is 26.2 Å². The van der Waals surface area contributed by atoms with E-state index in [4.69, 9.17) is 15.1 Å². The van der Waals surface area contributed by atoms with Crippen LogP contribution in [0.5, 0.6) is 0 Å². The standard InChI is InChI=1S/C9H20N2O2.C3H3NO2/c1-4-8-13-9(12)10-6-5-7-11(2)3;4-2-1-3(5)6/h4-8H2,1-3H3,(H,10,12);1H2,(H,5,6). The van der Waals surface area contributed by atoms with Crippen molar-refractivity contribution in [2.24, 2.45) is 0 Å². The number of ether oxygens (including phenoxy) is 1. The van der Waals surface area contributed by atoms with Gasteiger partial charge in [0, 0.05) is 6.54 Å². The molecule has 0 heterocycles. The summed E-state index contributed by atoms with van der Waals surface area (Å²) in [6, 6.07) is 1.47. The molecule has 0 radical (unpaired) electrons. The summed E-state index contributed by atoms with van der Waals surface area (Å²) in [4.78, 5) is 22.4. The Morgan fingerprint density at radius 1 is 1.42 bits per heavy atom. The fourth-order valence-electron chi connectivity index (χ4n) is 0.899. The minimum Gasteiger partial charge on any atom is -0.480 e. The second-order valence-corrected chi connectivity index (χ2v) is 3.95. The van der Waals surface area contributed by atoms with Crippen molar-refractivity contribution in [2.45, 2.75) is 26.2 Å². The Balaban J connectivity index is 0. The van der Waals surface area contributed by atoms with Crippen molar-refractivity contribution in [2.75, 3.05) is 33.8 Å². The third-order valence-corrected chi connectivity index (χ3v) is 1.72. The Hall–Kier alpha value is -1.81. The SMILES string of the molecule is CCCOC(=O)NCCCN(C)C.N#CCC(=O)O.